The van der Waals surface area contributed by atoms with E-state index in [-0.39, 0.29) is 28.1 Å². The van der Waals surface area contributed by atoms with E-state index in [9.17, 15) is 29.2 Å². The second-order valence-electron chi connectivity index (χ2n) is 6.83. The van der Waals surface area contributed by atoms with Crippen molar-refractivity contribution in [1.82, 2.24) is 0 Å². The van der Waals surface area contributed by atoms with E-state index in [2.05, 4.69) is 0 Å². The van der Waals surface area contributed by atoms with E-state index in [1.54, 1.807) is 30.3 Å². The quantitative estimate of drug-likeness (QED) is 0.223. The van der Waals surface area contributed by atoms with Gasteiger partial charge in [0.1, 0.15) is 17.6 Å². The summed E-state index contributed by atoms with van der Waals surface area (Å²) in [7, 11) is 0. The predicted molar refractivity (Wildman–Crippen MR) is 111 cm³/mol. The molecule has 1 heterocycles. The first-order chi connectivity index (χ1) is 14.9. The van der Waals surface area contributed by atoms with Crippen LogP contribution < -0.4 is 4.90 Å². The minimum atomic E-state index is -1.27. The van der Waals surface area contributed by atoms with Crippen molar-refractivity contribution in [2.75, 3.05) is 4.90 Å². The van der Waals surface area contributed by atoms with Gasteiger partial charge in [-0.1, -0.05) is 42.5 Å². The normalized spacial score (nSPS) is 17.7. The molecular weight excluding hydrogens is 403 g/mol. The fraction of sp³-hybridized carbons (Fsp3) is 0.0435. The van der Waals surface area contributed by atoms with Gasteiger partial charge in [-0.15, -0.1) is 0 Å². The lowest BCUT2D eigenvalue weighted by atomic mass is 9.94. The van der Waals surface area contributed by atoms with E-state index in [4.69, 9.17) is 0 Å². The van der Waals surface area contributed by atoms with Crippen LogP contribution in [0.4, 0.5) is 15.8 Å². The van der Waals surface area contributed by atoms with Gasteiger partial charge in [-0.3, -0.25) is 24.6 Å². The molecule has 0 unspecified atom stereocenters. The van der Waals surface area contributed by atoms with Gasteiger partial charge in [-0.25, -0.2) is 4.39 Å². The summed E-state index contributed by atoms with van der Waals surface area (Å²) in [6, 6.07) is 17.3. The van der Waals surface area contributed by atoms with Crippen molar-refractivity contribution in [3.05, 3.63) is 111 Å². The number of aliphatic hydroxyl groups is 1. The fourth-order valence-electron chi connectivity index (χ4n) is 3.63. The molecule has 3 aromatic carbocycles. The Bertz CT molecular complexity index is 1220. The van der Waals surface area contributed by atoms with E-state index < -0.39 is 34.2 Å². The third-order valence-electron chi connectivity index (χ3n) is 5.02. The van der Waals surface area contributed by atoms with Gasteiger partial charge < -0.3 is 5.11 Å². The van der Waals surface area contributed by atoms with Crippen molar-refractivity contribution in [2.24, 2.45) is 0 Å². The molecule has 154 valence electrons. The van der Waals surface area contributed by atoms with Crippen LogP contribution in [0.25, 0.3) is 5.76 Å². The number of nitro benzene ring substituents is 1. The van der Waals surface area contributed by atoms with Crippen LogP contribution >= 0.6 is 0 Å². The maximum absolute atomic E-state index is 13.5. The average molecular weight is 418 g/mol. The monoisotopic (exact) mass is 418 g/mol. The second-order valence-corrected chi connectivity index (χ2v) is 6.83. The number of Topliss-reactive ketones (excluding diaryl/α,β-unsaturated/α-hetero) is 1. The Balaban J connectivity index is 2.01. The number of aliphatic hydroxyl groups excluding tert-OH is 1. The summed E-state index contributed by atoms with van der Waals surface area (Å²) in [5, 5.41) is 22.6. The molecule has 0 aromatic heterocycles. The first kappa shape index (κ1) is 20.0. The molecule has 1 atom stereocenters. The summed E-state index contributed by atoms with van der Waals surface area (Å²) >= 11 is 0. The zero-order valence-corrected chi connectivity index (χ0v) is 15.9. The van der Waals surface area contributed by atoms with E-state index in [1.807, 2.05) is 0 Å². The molecule has 1 aliphatic heterocycles. The molecule has 0 radical (unpaired) electrons. The number of benzene rings is 3. The van der Waals surface area contributed by atoms with Crippen LogP contribution in [-0.2, 0) is 9.59 Å². The molecule has 4 rings (SSSR count). The Kier molecular flexibility index (Phi) is 5.04. The molecule has 0 spiro atoms. The minimum Gasteiger partial charge on any atom is -0.507 e. The number of halogens is 1. The van der Waals surface area contributed by atoms with Crippen LogP contribution in [-0.4, -0.2) is 21.7 Å². The van der Waals surface area contributed by atoms with Crippen LogP contribution in [0, 0.1) is 15.9 Å². The van der Waals surface area contributed by atoms with Crippen LogP contribution in [0.5, 0.6) is 0 Å². The van der Waals surface area contributed by atoms with Gasteiger partial charge in [0.25, 0.3) is 17.4 Å². The average Bonchev–Trinajstić information content (AvgIpc) is 3.05. The molecule has 3 aromatic rings. The van der Waals surface area contributed by atoms with Crippen molar-refractivity contribution in [2.45, 2.75) is 6.04 Å². The summed E-state index contributed by atoms with van der Waals surface area (Å²) in [5.41, 5.74) is -0.106. The summed E-state index contributed by atoms with van der Waals surface area (Å²) in [6.07, 6.45) is 0. The third-order valence-corrected chi connectivity index (χ3v) is 5.02. The highest BCUT2D eigenvalue weighted by atomic mass is 19.1. The molecule has 1 amide bonds. The van der Waals surface area contributed by atoms with Crippen molar-refractivity contribution in [1.29, 1.82) is 0 Å². The maximum Gasteiger partial charge on any atom is 0.300 e. The van der Waals surface area contributed by atoms with Crippen molar-refractivity contribution >= 4 is 28.8 Å². The molecule has 0 bridgehead atoms. The second kappa shape index (κ2) is 7.83. The molecule has 1 N–H and O–H groups in total. The predicted octanol–water partition coefficient (Wildman–Crippen LogP) is 4.36. The molecule has 7 nitrogen and oxygen atoms in total. The Hall–Kier alpha value is -4.33. The van der Waals surface area contributed by atoms with Gasteiger partial charge in [-0.05, 0) is 30.3 Å². The molecule has 0 aliphatic carbocycles. The molecule has 31 heavy (non-hydrogen) atoms. The number of hydrogen-bond acceptors (Lipinski definition) is 5. The van der Waals surface area contributed by atoms with Gasteiger partial charge in [0.05, 0.1) is 16.1 Å². The highest BCUT2D eigenvalue weighted by Gasteiger charge is 2.48. The number of rotatable bonds is 4. The molecule has 8 heteroatoms. The maximum atomic E-state index is 13.5. The first-order valence-corrected chi connectivity index (χ1v) is 9.25. The summed E-state index contributed by atoms with van der Waals surface area (Å²) < 4.78 is 13.5. The lowest BCUT2D eigenvalue weighted by molar-refractivity contribution is -0.385. The van der Waals surface area contributed by atoms with E-state index in [0.29, 0.717) is 0 Å². The van der Waals surface area contributed by atoms with Crippen molar-refractivity contribution < 1.29 is 24.0 Å². The number of amides is 1. The lowest BCUT2D eigenvalue weighted by Crippen LogP contribution is -2.29. The molecule has 1 fully saturated rings. The van der Waals surface area contributed by atoms with Crippen LogP contribution in [0.1, 0.15) is 17.2 Å². The first-order valence-electron chi connectivity index (χ1n) is 9.25. The number of carbonyl (C=O) groups excluding carboxylic acids is 2. The topological polar surface area (TPSA) is 101 Å². The Morgan fingerprint density at radius 2 is 1.55 bits per heavy atom. The number of anilines is 1. The number of para-hydroxylation sites is 1. The molecule has 0 saturated carbocycles. The van der Waals surface area contributed by atoms with Crippen molar-refractivity contribution in [3.8, 4) is 0 Å². The highest BCUT2D eigenvalue weighted by Crippen LogP contribution is 2.44. The zero-order valence-electron chi connectivity index (χ0n) is 15.9. The molecular formula is C23H15FN2O5. The Labute approximate surface area is 175 Å². The van der Waals surface area contributed by atoms with Gasteiger partial charge in [0.2, 0.25) is 0 Å². The van der Waals surface area contributed by atoms with E-state index in [0.717, 1.165) is 17.0 Å². The van der Waals surface area contributed by atoms with Crippen LogP contribution in [0.15, 0.2) is 84.4 Å². The lowest BCUT2D eigenvalue weighted by Gasteiger charge is -2.25. The van der Waals surface area contributed by atoms with Crippen molar-refractivity contribution in [3.63, 3.8) is 0 Å². The minimum absolute atomic E-state index is 0.0495. The number of nitrogens with zero attached hydrogens (tertiary/aromatic N) is 2. The smallest absolute Gasteiger partial charge is 0.300 e. The van der Waals surface area contributed by atoms with Crippen LogP contribution in [0.2, 0.25) is 0 Å². The van der Waals surface area contributed by atoms with Gasteiger partial charge in [-0.2, -0.15) is 0 Å². The SMILES string of the molecule is O=C1C(=O)N(c2ccc(F)cc2)[C@H](c2ccccc2[N+](=O)[O-])/C1=C(\O)c1ccccc1. The third kappa shape index (κ3) is 3.44. The zero-order chi connectivity index (χ0) is 22.1. The number of hydrogen-bond donors (Lipinski definition) is 1. The molecule has 1 aliphatic rings. The summed E-state index contributed by atoms with van der Waals surface area (Å²) in [6.45, 7) is 0. The largest absolute Gasteiger partial charge is 0.507 e. The van der Waals surface area contributed by atoms with Crippen LogP contribution in [0.3, 0.4) is 0 Å². The summed E-state index contributed by atoms with van der Waals surface area (Å²) in [4.78, 5) is 38.0. The van der Waals surface area contributed by atoms with E-state index in [1.165, 1.54) is 36.4 Å². The Morgan fingerprint density at radius 3 is 2.19 bits per heavy atom. The summed E-state index contributed by atoms with van der Waals surface area (Å²) in [5.74, 6) is -2.97. The standard InChI is InChI=1S/C23H15FN2O5/c24-15-10-12-16(13-11-15)25-20(17-8-4-5-9-18(17)26(30)31)19(22(28)23(25)29)21(27)14-6-2-1-3-7-14/h1-13,20,27H/b21-19+/t20-/m1/s1. The molecule has 1 saturated heterocycles. The number of carbonyl (C=O) groups is 2. The number of ketones is 1. The van der Waals surface area contributed by atoms with Gasteiger partial charge >= 0.3 is 0 Å². The fourth-order valence-corrected chi connectivity index (χ4v) is 3.63. The highest BCUT2D eigenvalue weighted by molar-refractivity contribution is 6.51. The van der Waals surface area contributed by atoms with E-state index >= 15 is 0 Å². The van der Waals surface area contributed by atoms with Gasteiger partial charge in [0, 0.05) is 17.3 Å². The Morgan fingerprint density at radius 1 is 0.935 bits per heavy atom. The van der Waals surface area contributed by atoms with Gasteiger partial charge in [0.15, 0.2) is 0 Å². The number of nitro groups is 1.